The lowest BCUT2D eigenvalue weighted by molar-refractivity contribution is 0.102. The number of rotatable bonds is 4. The van der Waals surface area contributed by atoms with Gasteiger partial charge in [-0.1, -0.05) is 11.3 Å². The van der Waals surface area contributed by atoms with Gasteiger partial charge in [0.25, 0.3) is 5.91 Å². The minimum Gasteiger partial charge on any atom is -0.450 e. The van der Waals surface area contributed by atoms with Gasteiger partial charge < -0.3 is 10.1 Å². The normalized spacial score (nSPS) is 10.5. The van der Waals surface area contributed by atoms with Crippen molar-refractivity contribution < 1.29 is 18.7 Å². The summed E-state index contributed by atoms with van der Waals surface area (Å²) in [5.74, 6) is -0.738. The van der Waals surface area contributed by atoms with Crippen LogP contribution >= 0.6 is 11.3 Å². The van der Waals surface area contributed by atoms with Crippen LogP contribution in [0.1, 0.15) is 17.3 Å². The van der Waals surface area contributed by atoms with Gasteiger partial charge in [0.05, 0.1) is 16.8 Å². The summed E-state index contributed by atoms with van der Waals surface area (Å²) < 4.78 is 18.5. The van der Waals surface area contributed by atoms with E-state index >= 15 is 0 Å². The number of hydrogen-bond donors (Lipinski definition) is 2. The first-order chi connectivity index (χ1) is 12.0. The van der Waals surface area contributed by atoms with Gasteiger partial charge in [0, 0.05) is 11.3 Å². The van der Waals surface area contributed by atoms with E-state index in [1.807, 2.05) is 0 Å². The lowest BCUT2D eigenvalue weighted by atomic mass is 10.2. The maximum absolute atomic E-state index is 12.9. The van der Waals surface area contributed by atoms with Crippen molar-refractivity contribution in [1.82, 2.24) is 4.98 Å². The van der Waals surface area contributed by atoms with Gasteiger partial charge in [0.1, 0.15) is 5.82 Å². The Morgan fingerprint density at radius 3 is 2.64 bits per heavy atom. The molecule has 2 aromatic carbocycles. The summed E-state index contributed by atoms with van der Waals surface area (Å²) in [6.07, 6.45) is -0.564. The summed E-state index contributed by atoms with van der Waals surface area (Å²) in [5.41, 5.74) is 1.63. The molecule has 128 valence electrons. The highest BCUT2D eigenvalue weighted by Crippen LogP contribution is 2.28. The van der Waals surface area contributed by atoms with Crippen molar-refractivity contribution in [2.75, 3.05) is 17.2 Å². The van der Waals surface area contributed by atoms with E-state index < -0.39 is 11.9 Å². The largest absolute Gasteiger partial charge is 0.450 e. The number of nitrogens with zero attached hydrogens (tertiary/aromatic N) is 1. The van der Waals surface area contributed by atoms with E-state index in [2.05, 4.69) is 15.6 Å². The smallest absolute Gasteiger partial charge is 0.413 e. The van der Waals surface area contributed by atoms with Gasteiger partial charge in [-0.15, -0.1) is 0 Å². The topological polar surface area (TPSA) is 80.3 Å². The van der Waals surface area contributed by atoms with E-state index in [1.165, 1.54) is 35.6 Å². The zero-order valence-corrected chi connectivity index (χ0v) is 14.0. The molecule has 1 heterocycles. The molecule has 3 aromatic rings. The molecule has 0 fully saturated rings. The monoisotopic (exact) mass is 359 g/mol. The number of ether oxygens (including phenoxy) is 1. The second kappa shape index (κ2) is 7.27. The van der Waals surface area contributed by atoms with E-state index in [1.54, 1.807) is 25.1 Å². The molecule has 0 bridgehead atoms. The molecular weight excluding hydrogens is 345 g/mol. The fraction of sp³-hybridized carbons (Fsp3) is 0.118. The van der Waals surface area contributed by atoms with E-state index in [0.29, 0.717) is 21.9 Å². The second-order valence-electron chi connectivity index (χ2n) is 5.01. The Bertz CT molecular complexity index is 925. The Balaban J connectivity index is 1.75. The Morgan fingerprint density at radius 2 is 1.92 bits per heavy atom. The number of anilines is 2. The van der Waals surface area contributed by atoms with Crippen LogP contribution in [0.15, 0.2) is 42.5 Å². The summed E-state index contributed by atoms with van der Waals surface area (Å²) in [5, 5.41) is 5.71. The first kappa shape index (κ1) is 16.8. The lowest BCUT2D eigenvalue weighted by Gasteiger charge is -2.05. The number of hydrogen-bond acceptors (Lipinski definition) is 5. The van der Waals surface area contributed by atoms with Gasteiger partial charge in [-0.3, -0.25) is 10.1 Å². The van der Waals surface area contributed by atoms with E-state index in [9.17, 15) is 14.0 Å². The second-order valence-corrected chi connectivity index (χ2v) is 6.04. The lowest BCUT2D eigenvalue weighted by Crippen LogP contribution is -2.12. The van der Waals surface area contributed by atoms with Gasteiger partial charge >= 0.3 is 6.09 Å². The Kier molecular flexibility index (Phi) is 4.90. The zero-order chi connectivity index (χ0) is 17.8. The number of aromatic nitrogens is 1. The average Bonchev–Trinajstić information content (AvgIpc) is 2.97. The van der Waals surface area contributed by atoms with E-state index in [4.69, 9.17) is 4.74 Å². The van der Waals surface area contributed by atoms with Crippen LogP contribution in [0.5, 0.6) is 0 Å². The average molecular weight is 359 g/mol. The molecule has 0 spiro atoms. The maximum atomic E-state index is 12.9. The van der Waals surface area contributed by atoms with Crippen molar-refractivity contribution in [3.8, 4) is 0 Å². The molecule has 0 radical (unpaired) electrons. The number of amides is 2. The highest BCUT2D eigenvalue weighted by atomic mass is 32.1. The Morgan fingerprint density at radius 1 is 1.16 bits per heavy atom. The highest BCUT2D eigenvalue weighted by Gasteiger charge is 2.10. The molecule has 2 amide bonds. The van der Waals surface area contributed by atoms with Gasteiger partial charge in [0.2, 0.25) is 0 Å². The summed E-state index contributed by atoms with van der Waals surface area (Å²) in [6.45, 7) is 1.99. The maximum Gasteiger partial charge on any atom is 0.413 e. The molecule has 25 heavy (non-hydrogen) atoms. The predicted molar refractivity (Wildman–Crippen MR) is 94.6 cm³/mol. The number of carbonyl (C=O) groups excluding carboxylic acids is 2. The van der Waals surface area contributed by atoms with Crippen LogP contribution in [-0.4, -0.2) is 23.6 Å². The van der Waals surface area contributed by atoms with E-state index in [0.717, 1.165) is 4.70 Å². The molecule has 0 saturated carbocycles. The predicted octanol–water partition coefficient (Wildman–Crippen LogP) is 4.26. The molecule has 1 aromatic heterocycles. The third-order valence-corrected chi connectivity index (χ3v) is 4.17. The molecule has 3 rings (SSSR count). The molecular formula is C17H14FN3O3S. The Labute approximate surface area is 146 Å². The Hall–Kier alpha value is -3.00. The number of thiazole rings is 1. The minimum absolute atomic E-state index is 0.274. The highest BCUT2D eigenvalue weighted by molar-refractivity contribution is 7.22. The first-order valence-electron chi connectivity index (χ1n) is 7.46. The molecule has 0 aliphatic rings. The summed E-state index contributed by atoms with van der Waals surface area (Å²) >= 11 is 1.27. The number of nitrogens with one attached hydrogen (secondary N) is 2. The molecule has 0 atom stereocenters. The number of fused-ring (bicyclic) bond motifs is 1. The molecule has 6 nitrogen and oxygen atoms in total. The number of carbonyl (C=O) groups is 2. The molecule has 8 heteroatoms. The SMILES string of the molecule is CCOC(=O)Nc1nc2ccc(NC(=O)c3ccc(F)cc3)cc2s1. The summed E-state index contributed by atoms with van der Waals surface area (Å²) in [6, 6.07) is 10.5. The number of benzene rings is 2. The third kappa shape index (κ3) is 4.10. The van der Waals surface area contributed by atoms with Crippen molar-refractivity contribution in [2.24, 2.45) is 0 Å². The molecule has 0 unspecified atom stereocenters. The third-order valence-electron chi connectivity index (χ3n) is 3.24. The van der Waals surface area contributed by atoms with Crippen LogP contribution in [0.2, 0.25) is 0 Å². The fourth-order valence-electron chi connectivity index (χ4n) is 2.11. The van der Waals surface area contributed by atoms with Crippen molar-refractivity contribution >= 4 is 44.4 Å². The van der Waals surface area contributed by atoms with Gasteiger partial charge in [-0.2, -0.15) is 0 Å². The zero-order valence-electron chi connectivity index (χ0n) is 13.2. The van der Waals surface area contributed by atoms with Crippen LogP contribution in [0, 0.1) is 5.82 Å². The van der Waals surface area contributed by atoms with Crippen molar-refractivity contribution in [3.63, 3.8) is 0 Å². The number of halogens is 1. The molecule has 0 aliphatic heterocycles. The standard InChI is InChI=1S/C17H14FN3O3S/c1-2-24-17(23)21-16-20-13-8-7-12(9-14(13)25-16)19-15(22)10-3-5-11(18)6-4-10/h3-9H,2H2,1H3,(H,19,22)(H,20,21,23). The molecule has 0 saturated heterocycles. The summed E-state index contributed by atoms with van der Waals surface area (Å²) in [4.78, 5) is 27.9. The summed E-state index contributed by atoms with van der Waals surface area (Å²) in [7, 11) is 0. The van der Waals surface area contributed by atoms with Crippen LogP contribution in [0.3, 0.4) is 0 Å². The van der Waals surface area contributed by atoms with Crippen molar-refractivity contribution in [1.29, 1.82) is 0 Å². The van der Waals surface area contributed by atoms with Crippen molar-refractivity contribution in [3.05, 3.63) is 53.8 Å². The van der Waals surface area contributed by atoms with Gasteiger partial charge in [0.15, 0.2) is 5.13 Å². The van der Waals surface area contributed by atoms with Crippen molar-refractivity contribution in [2.45, 2.75) is 6.92 Å². The first-order valence-corrected chi connectivity index (χ1v) is 8.28. The van der Waals surface area contributed by atoms with Crippen LogP contribution in [0.4, 0.5) is 20.0 Å². The fourth-order valence-corrected chi connectivity index (χ4v) is 3.01. The molecule has 0 aliphatic carbocycles. The van der Waals surface area contributed by atoms with Gasteiger partial charge in [-0.25, -0.2) is 14.2 Å². The van der Waals surface area contributed by atoms with Crippen LogP contribution in [0.25, 0.3) is 10.2 Å². The molecule has 2 N–H and O–H groups in total. The van der Waals surface area contributed by atoms with Crippen LogP contribution in [-0.2, 0) is 4.74 Å². The van der Waals surface area contributed by atoms with E-state index in [-0.39, 0.29) is 12.5 Å². The van der Waals surface area contributed by atoms with Crippen LogP contribution < -0.4 is 10.6 Å². The minimum atomic E-state index is -0.564. The van der Waals surface area contributed by atoms with Gasteiger partial charge in [-0.05, 0) is 49.4 Å². The quantitative estimate of drug-likeness (QED) is 0.729.